The molecule has 0 saturated carbocycles. The fourth-order valence-corrected chi connectivity index (χ4v) is 1.20. The van der Waals surface area contributed by atoms with Crippen LogP contribution in [0.15, 0.2) is 24.3 Å². The van der Waals surface area contributed by atoms with E-state index in [0.717, 1.165) is 5.56 Å². The molecule has 1 rings (SSSR count). The third-order valence-electron chi connectivity index (χ3n) is 2.08. The van der Waals surface area contributed by atoms with Crippen LogP contribution in [0.1, 0.15) is 12.0 Å². The van der Waals surface area contributed by atoms with Crippen molar-refractivity contribution < 1.29 is 24.2 Å². The smallest absolute Gasteiger partial charge is 0.309 e. The Morgan fingerprint density at radius 2 is 1.88 bits per heavy atom. The van der Waals surface area contributed by atoms with Crippen LogP contribution in [0.4, 0.5) is 0 Å². The molecule has 92 valence electrons. The molecule has 0 saturated heterocycles. The molecule has 0 atom stereocenters. The Kier molecular flexibility index (Phi) is 5.00. The van der Waals surface area contributed by atoms with Crippen molar-refractivity contribution in [3.8, 4) is 5.75 Å². The lowest BCUT2D eigenvalue weighted by molar-refractivity contribution is -0.140. The number of carboxylic acids is 1. The van der Waals surface area contributed by atoms with Crippen molar-refractivity contribution in [1.82, 2.24) is 0 Å². The van der Waals surface area contributed by atoms with Crippen molar-refractivity contribution in [1.29, 1.82) is 0 Å². The van der Waals surface area contributed by atoms with E-state index in [1.165, 1.54) is 7.11 Å². The van der Waals surface area contributed by atoms with Crippen LogP contribution in [0, 0.1) is 0 Å². The van der Waals surface area contributed by atoms with E-state index in [9.17, 15) is 9.59 Å². The Balaban J connectivity index is 2.44. The Hall–Kier alpha value is -2.04. The van der Waals surface area contributed by atoms with Crippen LogP contribution in [0.2, 0.25) is 0 Å². The first-order valence-corrected chi connectivity index (χ1v) is 5.12. The third kappa shape index (κ3) is 5.01. The molecular weight excluding hydrogens is 224 g/mol. The van der Waals surface area contributed by atoms with Crippen molar-refractivity contribution in [3.05, 3.63) is 29.8 Å². The first-order valence-electron chi connectivity index (χ1n) is 5.12. The fourth-order valence-electron chi connectivity index (χ4n) is 1.20. The van der Waals surface area contributed by atoms with Gasteiger partial charge in [-0.2, -0.15) is 0 Å². The van der Waals surface area contributed by atoms with Gasteiger partial charge in [0.25, 0.3) is 0 Å². The van der Waals surface area contributed by atoms with Gasteiger partial charge in [0.15, 0.2) is 0 Å². The van der Waals surface area contributed by atoms with Crippen LogP contribution in [0.5, 0.6) is 5.75 Å². The summed E-state index contributed by atoms with van der Waals surface area (Å²) in [5.41, 5.74) is 0.822. The predicted molar refractivity (Wildman–Crippen MR) is 59.9 cm³/mol. The molecule has 0 unspecified atom stereocenters. The topological polar surface area (TPSA) is 72.8 Å². The summed E-state index contributed by atoms with van der Waals surface area (Å²) in [4.78, 5) is 21.3. The molecule has 0 aromatic heterocycles. The molecule has 17 heavy (non-hydrogen) atoms. The summed E-state index contributed by atoms with van der Waals surface area (Å²) >= 11 is 0. The maximum Gasteiger partial charge on any atom is 0.309 e. The number of carbonyl (C=O) groups is 2. The van der Waals surface area contributed by atoms with Gasteiger partial charge in [-0.3, -0.25) is 9.59 Å². The van der Waals surface area contributed by atoms with Crippen LogP contribution in [-0.4, -0.2) is 30.8 Å². The number of hydrogen-bond donors (Lipinski definition) is 1. The normalized spacial score (nSPS) is 9.71. The largest absolute Gasteiger partial charge is 0.493 e. The minimum absolute atomic E-state index is 0.0378. The van der Waals surface area contributed by atoms with Crippen molar-refractivity contribution >= 4 is 11.9 Å². The lowest BCUT2D eigenvalue weighted by atomic mass is 10.1. The van der Waals surface area contributed by atoms with Gasteiger partial charge in [-0.15, -0.1) is 0 Å². The molecule has 0 fully saturated rings. The van der Waals surface area contributed by atoms with Gasteiger partial charge in [-0.25, -0.2) is 0 Å². The van der Waals surface area contributed by atoms with Gasteiger partial charge in [0.2, 0.25) is 0 Å². The Morgan fingerprint density at radius 1 is 1.24 bits per heavy atom. The van der Waals surface area contributed by atoms with Gasteiger partial charge >= 0.3 is 11.9 Å². The van der Waals surface area contributed by atoms with Crippen LogP contribution in [0.3, 0.4) is 0 Å². The molecule has 0 bridgehead atoms. The number of rotatable bonds is 6. The number of esters is 1. The molecule has 0 aliphatic heterocycles. The minimum atomic E-state index is -0.896. The number of hydrogen-bond acceptors (Lipinski definition) is 4. The van der Waals surface area contributed by atoms with Crippen molar-refractivity contribution in [2.45, 2.75) is 12.8 Å². The zero-order valence-electron chi connectivity index (χ0n) is 9.51. The van der Waals surface area contributed by atoms with Gasteiger partial charge in [-0.05, 0) is 17.7 Å². The Morgan fingerprint density at radius 3 is 2.41 bits per heavy atom. The highest BCUT2D eigenvalue weighted by Gasteiger charge is 2.03. The molecule has 0 heterocycles. The molecule has 0 spiro atoms. The Labute approximate surface area is 99.0 Å². The van der Waals surface area contributed by atoms with Crippen molar-refractivity contribution in [3.63, 3.8) is 0 Å². The molecule has 1 N–H and O–H groups in total. The van der Waals surface area contributed by atoms with Gasteiger partial charge in [0.05, 0.1) is 26.6 Å². The molecule has 1 aromatic carbocycles. The van der Waals surface area contributed by atoms with E-state index >= 15 is 0 Å². The molecule has 1 aromatic rings. The zero-order valence-corrected chi connectivity index (χ0v) is 9.51. The number of benzene rings is 1. The van der Waals surface area contributed by atoms with E-state index in [4.69, 9.17) is 9.84 Å². The van der Waals surface area contributed by atoms with Crippen molar-refractivity contribution in [2.75, 3.05) is 13.7 Å². The summed E-state index contributed by atoms with van der Waals surface area (Å²) in [6.07, 6.45) is 0.176. The van der Waals surface area contributed by atoms with E-state index < -0.39 is 5.97 Å². The second-order valence-corrected chi connectivity index (χ2v) is 3.39. The van der Waals surface area contributed by atoms with E-state index in [-0.39, 0.29) is 25.4 Å². The maximum atomic E-state index is 11.0. The first kappa shape index (κ1) is 13.0. The lowest BCUT2D eigenvalue weighted by Gasteiger charge is -2.05. The van der Waals surface area contributed by atoms with Crippen LogP contribution >= 0.6 is 0 Å². The number of carbonyl (C=O) groups excluding carboxylic acids is 1. The summed E-state index contributed by atoms with van der Waals surface area (Å²) in [5, 5.41) is 8.43. The average Bonchev–Trinajstić information content (AvgIpc) is 2.31. The second-order valence-electron chi connectivity index (χ2n) is 3.39. The van der Waals surface area contributed by atoms with Gasteiger partial charge < -0.3 is 14.6 Å². The summed E-state index contributed by atoms with van der Waals surface area (Å²) in [5.74, 6) is -0.614. The van der Waals surface area contributed by atoms with Gasteiger partial charge in [0, 0.05) is 0 Å². The van der Waals surface area contributed by atoms with Crippen molar-refractivity contribution in [2.24, 2.45) is 0 Å². The summed E-state index contributed by atoms with van der Waals surface area (Å²) in [6.45, 7) is 0.131. The molecule has 5 nitrogen and oxygen atoms in total. The third-order valence-corrected chi connectivity index (χ3v) is 2.08. The molecule has 0 radical (unpaired) electrons. The molecule has 5 heteroatoms. The maximum absolute atomic E-state index is 11.0. The minimum Gasteiger partial charge on any atom is -0.493 e. The monoisotopic (exact) mass is 238 g/mol. The molecule has 0 aliphatic carbocycles. The summed E-state index contributed by atoms with van der Waals surface area (Å²) in [7, 11) is 1.34. The predicted octanol–water partition coefficient (Wildman–Crippen LogP) is 1.26. The second kappa shape index (κ2) is 6.52. The summed E-state index contributed by atoms with van der Waals surface area (Å²) < 4.78 is 9.75. The van der Waals surface area contributed by atoms with Gasteiger partial charge in [0.1, 0.15) is 5.75 Å². The fraction of sp³-hybridized carbons (Fsp3) is 0.333. The Bertz CT molecular complexity index is 382. The highest BCUT2D eigenvalue weighted by molar-refractivity contribution is 5.72. The summed E-state index contributed by atoms with van der Waals surface area (Å²) in [6, 6.07) is 6.88. The van der Waals surface area contributed by atoms with E-state index in [2.05, 4.69) is 4.74 Å². The SMILES string of the molecule is COC(=O)Cc1ccc(OCCC(=O)O)cc1. The average molecular weight is 238 g/mol. The standard InChI is InChI=1S/C12H14O5/c1-16-12(15)8-9-2-4-10(5-3-9)17-7-6-11(13)14/h2-5H,6-8H2,1H3,(H,13,14). The number of ether oxygens (including phenoxy) is 2. The zero-order chi connectivity index (χ0) is 12.7. The number of methoxy groups -OCH3 is 1. The van der Waals surface area contributed by atoms with E-state index in [0.29, 0.717) is 5.75 Å². The van der Waals surface area contributed by atoms with E-state index in [1.54, 1.807) is 24.3 Å². The molecular formula is C12H14O5. The molecule has 0 aliphatic rings. The van der Waals surface area contributed by atoms with Crippen LogP contribution < -0.4 is 4.74 Å². The van der Waals surface area contributed by atoms with E-state index in [1.807, 2.05) is 0 Å². The van der Waals surface area contributed by atoms with Gasteiger partial charge in [-0.1, -0.05) is 12.1 Å². The highest BCUT2D eigenvalue weighted by Crippen LogP contribution is 2.13. The molecule has 0 amide bonds. The first-order chi connectivity index (χ1) is 8.11. The quantitative estimate of drug-likeness (QED) is 0.755. The van der Waals surface area contributed by atoms with Crippen LogP contribution in [-0.2, 0) is 20.7 Å². The lowest BCUT2D eigenvalue weighted by Crippen LogP contribution is -2.06. The highest BCUT2D eigenvalue weighted by atomic mass is 16.5. The number of carboxylic acid groups (broad SMARTS) is 1. The van der Waals surface area contributed by atoms with Crippen LogP contribution in [0.25, 0.3) is 0 Å². The number of aliphatic carboxylic acids is 1.